The molecule has 1 saturated heterocycles. The Hall–Kier alpha value is -0.770. The van der Waals surface area contributed by atoms with Gasteiger partial charge in [-0.3, -0.25) is 0 Å². The maximum atomic E-state index is 11.9. The maximum Gasteiger partial charge on any atom is 0.317 e. The molecule has 98 valence electrons. The standard InChI is InChI=1S/C13H24N2O2/c16-13(15-7-9-17-10-8-15)14-11-12-5-3-1-2-4-6-12/h12H,1-11H2,(H,14,16). The fourth-order valence-corrected chi connectivity index (χ4v) is 2.68. The molecule has 0 spiro atoms. The van der Waals surface area contributed by atoms with Crippen molar-refractivity contribution in [1.29, 1.82) is 0 Å². The van der Waals surface area contributed by atoms with Gasteiger partial charge in [0.15, 0.2) is 0 Å². The van der Waals surface area contributed by atoms with Crippen LogP contribution >= 0.6 is 0 Å². The van der Waals surface area contributed by atoms with E-state index in [0.29, 0.717) is 19.1 Å². The number of nitrogens with one attached hydrogen (secondary N) is 1. The number of carbonyl (C=O) groups excluding carboxylic acids is 1. The Morgan fingerprint density at radius 1 is 1.12 bits per heavy atom. The molecule has 4 nitrogen and oxygen atoms in total. The zero-order chi connectivity index (χ0) is 11.9. The van der Waals surface area contributed by atoms with E-state index in [2.05, 4.69) is 5.32 Å². The molecule has 17 heavy (non-hydrogen) atoms. The molecule has 0 unspecified atom stereocenters. The molecule has 2 amide bonds. The summed E-state index contributed by atoms with van der Waals surface area (Å²) in [6, 6.07) is 0.0950. The molecule has 1 aliphatic heterocycles. The lowest BCUT2D eigenvalue weighted by Crippen LogP contribution is -2.47. The van der Waals surface area contributed by atoms with Crippen molar-refractivity contribution in [1.82, 2.24) is 10.2 Å². The quantitative estimate of drug-likeness (QED) is 0.750. The molecular formula is C13H24N2O2. The third-order valence-corrected chi connectivity index (χ3v) is 3.82. The summed E-state index contributed by atoms with van der Waals surface area (Å²) in [5.74, 6) is 0.697. The van der Waals surface area contributed by atoms with Crippen LogP contribution in [0.15, 0.2) is 0 Å². The van der Waals surface area contributed by atoms with Gasteiger partial charge in [-0.1, -0.05) is 25.7 Å². The predicted molar refractivity (Wildman–Crippen MR) is 67.0 cm³/mol. The molecular weight excluding hydrogens is 216 g/mol. The first-order valence-electron chi connectivity index (χ1n) is 6.97. The summed E-state index contributed by atoms with van der Waals surface area (Å²) in [6.45, 7) is 3.68. The van der Waals surface area contributed by atoms with Gasteiger partial charge in [0.2, 0.25) is 0 Å². The van der Waals surface area contributed by atoms with Gasteiger partial charge >= 0.3 is 6.03 Å². The van der Waals surface area contributed by atoms with E-state index >= 15 is 0 Å². The average molecular weight is 240 g/mol. The number of hydrogen-bond acceptors (Lipinski definition) is 2. The highest BCUT2D eigenvalue weighted by molar-refractivity contribution is 5.74. The fourth-order valence-electron chi connectivity index (χ4n) is 2.68. The van der Waals surface area contributed by atoms with Crippen molar-refractivity contribution < 1.29 is 9.53 Å². The Morgan fingerprint density at radius 2 is 1.76 bits per heavy atom. The van der Waals surface area contributed by atoms with E-state index in [-0.39, 0.29) is 6.03 Å². The predicted octanol–water partition coefficient (Wildman–Crippen LogP) is 2.00. The second-order valence-electron chi connectivity index (χ2n) is 5.14. The average Bonchev–Trinajstić information content (AvgIpc) is 2.65. The maximum absolute atomic E-state index is 11.9. The number of rotatable bonds is 2. The summed E-state index contributed by atoms with van der Waals surface area (Å²) in [5.41, 5.74) is 0. The molecule has 0 radical (unpaired) electrons. The van der Waals surface area contributed by atoms with Gasteiger partial charge in [0.1, 0.15) is 0 Å². The lowest BCUT2D eigenvalue weighted by Gasteiger charge is -2.27. The number of urea groups is 1. The Bertz CT molecular complexity index is 232. The Balaban J connectivity index is 1.67. The van der Waals surface area contributed by atoms with Crippen molar-refractivity contribution in [2.24, 2.45) is 5.92 Å². The summed E-state index contributed by atoms with van der Waals surface area (Å²) in [5, 5.41) is 3.08. The van der Waals surface area contributed by atoms with Crippen LogP contribution in [0.2, 0.25) is 0 Å². The van der Waals surface area contributed by atoms with E-state index in [4.69, 9.17) is 4.74 Å². The summed E-state index contributed by atoms with van der Waals surface area (Å²) >= 11 is 0. The zero-order valence-electron chi connectivity index (χ0n) is 10.6. The molecule has 0 aromatic carbocycles. The van der Waals surface area contributed by atoms with Crippen molar-refractivity contribution in [2.45, 2.75) is 38.5 Å². The van der Waals surface area contributed by atoms with E-state index < -0.39 is 0 Å². The summed E-state index contributed by atoms with van der Waals surface area (Å²) in [6.07, 6.45) is 7.96. The Morgan fingerprint density at radius 3 is 2.41 bits per heavy atom. The van der Waals surface area contributed by atoms with Crippen LogP contribution in [0.1, 0.15) is 38.5 Å². The molecule has 0 bridgehead atoms. The molecule has 0 aromatic rings. The second-order valence-corrected chi connectivity index (χ2v) is 5.14. The van der Waals surface area contributed by atoms with E-state index in [9.17, 15) is 4.79 Å². The van der Waals surface area contributed by atoms with Gasteiger partial charge in [-0.25, -0.2) is 4.79 Å². The normalized spacial score (nSPS) is 23.2. The van der Waals surface area contributed by atoms with E-state index in [1.807, 2.05) is 4.90 Å². The van der Waals surface area contributed by atoms with E-state index in [1.165, 1.54) is 38.5 Å². The minimum atomic E-state index is 0.0950. The van der Waals surface area contributed by atoms with Gasteiger partial charge in [-0.15, -0.1) is 0 Å². The third-order valence-electron chi connectivity index (χ3n) is 3.82. The monoisotopic (exact) mass is 240 g/mol. The number of amides is 2. The van der Waals surface area contributed by atoms with Gasteiger partial charge in [-0.05, 0) is 18.8 Å². The molecule has 2 aliphatic rings. The van der Waals surface area contributed by atoms with Crippen molar-refractivity contribution in [3.05, 3.63) is 0 Å². The molecule has 0 aromatic heterocycles. The van der Waals surface area contributed by atoms with Crippen molar-refractivity contribution in [3.8, 4) is 0 Å². The number of carbonyl (C=O) groups is 1. The van der Waals surface area contributed by atoms with Gasteiger partial charge in [0, 0.05) is 19.6 Å². The van der Waals surface area contributed by atoms with Crippen LogP contribution < -0.4 is 5.32 Å². The first-order valence-corrected chi connectivity index (χ1v) is 6.97. The number of morpholine rings is 1. The van der Waals surface area contributed by atoms with E-state index in [1.54, 1.807) is 0 Å². The molecule has 1 heterocycles. The molecule has 4 heteroatoms. The lowest BCUT2D eigenvalue weighted by molar-refractivity contribution is 0.0529. The Kier molecular flexibility index (Phi) is 5.10. The lowest BCUT2D eigenvalue weighted by atomic mass is 10.0. The highest BCUT2D eigenvalue weighted by Gasteiger charge is 2.18. The largest absolute Gasteiger partial charge is 0.378 e. The van der Waals surface area contributed by atoms with Gasteiger partial charge in [0.25, 0.3) is 0 Å². The topological polar surface area (TPSA) is 41.6 Å². The van der Waals surface area contributed by atoms with Gasteiger partial charge in [-0.2, -0.15) is 0 Å². The number of nitrogens with zero attached hydrogens (tertiary/aromatic N) is 1. The molecule has 0 atom stereocenters. The molecule has 1 saturated carbocycles. The second kappa shape index (κ2) is 6.84. The summed E-state index contributed by atoms with van der Waals surface area (Å²) in [7, 11) is 0. The third kappa shape index (κ3) is 4.19. The van der Waals surface area contributed by atoms with Crippen molar-refractivity contribution in [2.75, 3.05) is 32.8 Å². The van der Waals surface area contributed by atoms with Gasteiger partial charge < -0.3 is 15.0 Å². The number of ether oxygens (including phenoxy) is 1. The van der Waals surface area contributed by atoms with E-state index in [0.717, 1.165) is 19.6 Å². The highest BCUT2D eigenvalue weighted by atomic mass is 16.5. The van der Waals surface area contributed by atoms with Crippen LogP contribution in [-0.4, -0.2) is 43.8 Å². The molecule has 1 N–H and O–H groups in total. The minimum absolute atomic E-state index is 0.0950. The number of hydrogen-bond donors (Lipinski definition) is 1. The SMILES string of the molecule is O=C(NCC1CCCCCC1)N1CCOCC1. The fraction of sp³-hybridized carbons (Fsp3) is 0.923. The van der Waals surface area contributed by atoms with Crippen molar-refractivity contribution in [3.63, 3.8) is 0 Å². The zero-order valence-corrected chi connectivity index (χ0v) is 10.6. The first-order chi connectivity index (χ1) is 8.36. The van der Waals surface area contributed by atoms with Crippen LogP contribution in [0.3, 0.4) is 0 Å². The molecule has 2 fully saturated rings. The van der Waals surface area contributed by atoms with Gasteiger partial charge in [0.05, 0.1) is 13.2 Å². The smallest absolute Gasteiger partial charge is 0.317 e. The minimum Gasteiger partial charge on any atom is -0.378 e. The Labute approximate surface area is 104 Å². The molecule has 1 aliphatic carbocycles. The summed E-state index contributed by atoms with van der Waals surface area (Å²) < 4.78 is 5.24. The molecule has 2 rings (SSSR count). The van der Waals surface area contributed by atoms with Crippen LogP contribution in [0.5, 0.6) is 0 Å². The first kappa shape index (κ1) is 12.7. The van der Waals surface area contributed by atoms with Crippen LogP contribution in [0.4, 0.5) is 4.79 Å². The summed E-state index contributed by atoms with van der Waals surface area (Å²) in [4.78, 5) is 13.7. The van der Waals surface area contributed by atoms with Crippen LogP contribution in [-0.2, 0) is 4.74 Å². The van der Waals surface area contributed by atoms with Crippen LogP contribution in [0, 0.1) is 5.92 Å². The van der Waals surface area contributed by atoms with Crippen molar-refractivity contribution >= 4 is 6.03 Å². The van der Waals surface area contributed by atoms with Crippen LogP contribution in [0.25, 0.3) is 0 Å². The highest BCUT2D eigenvalue weighted by Crippen LogP contribution is 2.22.